The summed E-state index contributed by atoms with van der Waals surface area (Å²) in [5.74, 6) is -0.640. The number of unbranched alkanes of at least 4 members (excludes halogenated alkanes) is 1. The molecule has 0 bridgehead atoms. The number of hydrogen-bond donors (Lipinski definition) is 2. The Bertz CT molecular complexity index is 1070. The molecule has 2 N–H and O–H groups in total. The lowest BCUT2D eigenvalue weighted by Crippen LogP contribution is -2.54. The van der Waals surface area contributed by atoms with Crippen molar-refractivity contribution < 1.29 is 19.2 Å². The van der Waals surface area contributed by atoms with Gasteiger partial charge in [-0.3, -0.25) is 4.79 Å². The Morgan fingerprint density at radius 3 is 2.47 bits per heavy atom. The normalized spacial score (nSPS) is 16.5. The summed E-state index contributed by atoms with van der Waals surface area (Å²) in [6, 6.07) is 14.1. The van der Waals surface area contributed by atoms with Gasteiger partial charge in [0.15, 0.2) is 0 Å². The predicted molar refractivity (Wildman–Crippen MR) is 160 cm³/mol. The summed E-state index contributed by atoms with van der Waals surface area (Å²) >= 11 is 1.58. The Labute approximate surface area is 234 Å². The number of nitrogens with zero attached hydrogens (tertiary/aromatic N) is 1. The molecule has 1 unspecified atom stereocenters. The van der Waals surface area contributed by atoms with Gasteiger partial charge in [-0.2, -0.15) is 11.8 Å². The highest BCUT2D eigenvalue weighted by Crippen LogP contribution is 2.31. The van der Waals surface area contributed by atoms with Crippen LogP contribution in [0.4, 0.5) is 0 Å². The van der Waals surface area contributed by atoms with Gasteiger partial charge in [0.25, 0.3) is 5.91 Å². The van der Waals surface area contributed by atoms with Crippen molar-refractivity contribution in [2.24, 2.45) is 0 Å². The number of thioether (sulfide) groups is 1. The zero-order valence-electron chi connectivity index (χ0n) is 23.8. The van der Waals surface area contributed by atoms with Crippen molar-refractivity contribution in [3.8, 4) is 11.1 Å². The summed E-state index contributed by atoms with van der Waals surface area (Å²) in [4.78, 5) is 25.2. The molecule has 1 aliphatic rings. The molecule has 2 aromatic carbocycles. The minimum atomic E-state index is -0.992. The lowest BCUT2D eigenvalue weighted by molar-refractivity contribution is -0.934. The Kier molecular flexibility index (Phi) is 11.7. The van der Waals surface area contributed by atoms with E-state index in [4.69, 9.17) is 0 Å². The van der Waals surface area contributed by atoms with Gasteiger partial charge in [-0.05, 0) is 85.8 Å². The minimum absolute atomic E-state index is 0.325. The maximum Gasteiger partial charge on any atom is 0.326 e. The van der Waals surface area contributed by atoms with Gasteiger partial charge in [-0.25, -0.2) is 4.79 Å². The summed E-state index contributed by atoms with van der Waals surface area (Å²) in [6.07, 6.45) is 12.5. The smallest absolute Gasteiger partial charge is 0.326 e. The van der Waals surface area contributed by atoms with Crippen LogP contribution >= 0.6 is 11.8 Å². The number of carboxylic acid groups (broad SMARTS) is 1. The fourth-order valence-electron chi connectivity index (χ4n) is 5.86. The Morgan fingerprint density at radius 2 is 1.82 bits per heavy atom. The van der Waals surface area contributed by atoms with E-state index >= 15 is 0 Å². The zero-order valence-corrected chi connectivity index (χ0v) is 24.6. The molecule has 208 valence electrons. The SMILES string of the molecule is CCCC[N+](C)(CCc1ccc(C(=O)N[C@@H](CCSC)C(=O)O)c(-c2ccccc2C)c1)C1CCCCC1. The third-order valence-corrected chi connectivity index (χ3v) is 9.01. The van der Waals surface area contributed by atoms with Crippen molar-refractivity contribution in [2.45, 2.75) is 83.7 Å². The highest BCUT2D eigenvalue weighted by molar-refractivity contribution is 7.98. The summed E-state index contributed by atoms with van der Waals surface area (Å²) in [6.45, 7) is 6.65. The van der Waals surface area contributed by atoms with E-state index in [2.05, 4.69) is 50.5 Å². The average Bonchev–Trinajstić information content (AvgIpc) is 2.93. The quantitative estimate of drug-likeness (QED) is 0.262. The van der Waals surface area contributed by atoms with Crippen LogP contribution in [0.3, 0.4) is 0 Å². The Morgan fingerprint density at radius 1 is 1.08 bits per heavy atom. The van der Waals surface area contributed by atoms with E-state index in [0.717, 1.165) is 40.2 Å². The van der Waals surface area contributed by atoms with Crippen molar-refractivity contribution >= 4 is 23.6 Å². The number of aliphatic carboxylic acids is 1. The number of hydrogen-bond acceptors (Lipinski definition) is 3. The van der Waals surface area contributed by atoms with E-state index in [-0.39, 0.29) is 5.91 Å². The highest BCUT2D eigenvalue weighted by atomic mass is 32.2. The number of carbonyl (C=O) groups excluding carboxylic acids is 1. The van der Waals surface area contributed by atoms with E-state index in [9.17, 15) is 14.7 Å². The fraction of sp³-hybridized carbons (Fsp3) is 0.562. The highest BCUT2D eigenvalue weighted by Gasteiger charge is 2.33. The summed E-state index contributed by atoms with van der Waals surface area (Å²) < 4.78 is 1.13. The number of benzene rings is 2. The predicted octanol–water partition coefficient (Wildman–Crippen LogP) is 6.72. The van der Waals surface area contributed by atoms with E-state index in [1.165, 1.54) is 57.1 Å². The molecule has 2 atom stereocenters. The van der Waals surface area contributed by atoms with E-state index in [1.54, 1.807) is 11.8 Å². The molecule has 0 saturated heterocycles. The molecule has 6 heteroatoms. The lowest BCUT2D eigenvalue weighted by atomic mass is 9.90. The van der Waals surface area contributed by atoms with Crippen LogP contribution in [0.2, 0.25) is 0 Å². The number of nitrogens with one attached hydrogen (secondary N) is 1. The number of likely N-dealkylation sites (N-methyl/N-ethyl adjacent to an activating group) is 1. The monoisotopic (exact) mass is 539 g/mol. The molecule has 2 aromatic rings. The summed E-state index contributed by atoms with van der Waals surface area (Å²) in [5, 5.41) is 12.4. The summed E-state index contributed by atoms with van der Waals surface area (Å²) in [5.41, 5.74) is 4.77. The van der Waals surface area contributed by atoms with E-state index < -0.39 is 12.0 Å². The maximum atomic E-state index is 13.4. The van der Waals surface area contributed by atoms with Gasteiger partial charge in [-0.15, -0.1) is 0 Å². The van der Waals surface area contributed by atoms with Crippen molar-refractivity contribution in [1.29, 1.82) is 0 Å². The first-order chi connectivity index (χ1) is 18.3. The Hall–Kier alpha value is -2.31. The molecule has 0 aromatic heterocycles. The summed E-state index contributed by atoms with van der Waals surface area (Å²) in [7, 11) is 2.45. The van der Waals surface area contributed by atoms with Crippen molar-refractivity contribution in [1.82, 2.24) is 5.32 Å². The standard InChI is InChI=1S/C32H46N2O3S/c1-5-6-20-34(3,26-13-8-7-9-14-26)21-18-25-16-17-28(29(23-25)27-15-11-10-12-24(27)2)31(35)33-30(32(36)37)19-22-38-4/h10-12,15-17,23,26,30H,5-9,13-14,18-22H2,1-4H3,(H-,33,35,36,37)/p+1/t30-,34?/m0/s1. The molecule has 0 aliphatic heterocycles. The van der Waals surface area contributed by atoms with Crippen LogP contribution in [-0.2, 0) is 11.2 Å². The Balaban J connectivity index is 1.89. The largest absolute Gasteiger partial charge is 0.480 e. The van der Waals surface area contributed by atoms with Crippen molar-refractivity contribution in [3.05, 3.63) is 59.2 Å². The van der Waals surface area contributed by atoms with Crippen LogP contribution in [0.5, 0.6) is 0 Å². The van der Waals surface area contributed by atoms with Crippen LogP contribution in [-0.4, -0.2) is 65.7 Å². The van der Waals surface area contributed by atoms with E-state index in [0.29, 0.717) is 17.7 Å². The molecular formula is C32H47N2O3S+. The van der Waals surface area contributed by atoms with Gasteiger partial charge in [0.2, 0.25) is 0 Å². The number of carbonyl (C=O) groups is 2. The molecule has 38 heavy (non-hydrogen) atoms. The van der Waals surface area contributed by atoms with Gasteiger partial charge < -0.3 is 14.9 Å². The van der Waals surface area contributed by atoms with Crippen LogP contribution < -0.4 is 5.32 Å². The number of rotatable bonds is 14. The molecule has 1 saturated carbocycles. The van der Waals surface area contributed by atoms with Gasteiger partial charge in [-0.1, -0.05) is 56.2 Å². The number of aryl methyl sites for hydroxylation is 1. The second kappa shape index (κ2) is 14.7. The van der Waals surface area contributed by atoms with Gasteiger partial charge in [0, 0.05) is 12.0 Å². The van der Waals surface area contributed by atoms with Gasteiger partial charge in [0.1, 0.15) is 6.04 Å². The molecule has 3 rings (SSSR count). The zero-order chi connectivity index (χ0) is 27.5. The minimum Gasteiger partial charge on any atom is -0.480 e. The molecule has 0 radical (unpaired) electrons. The second-order valence-corrected chi connectivity index (χ2v) is 12.1. The molecule has 1 amide bonds. The first kappa shape index (κ1) is 30.2. The van der Waals surface area contributed by atoms with Crippen molar-refractivity contribution in [2.75, 3.05) is 32.1 Å². The molecule has 1 aliphatic carbocycles. The fourth-order valence-corrected chi connectivity index (χ4v) is 6.33. The first-order valence-electron chi connectivity index (χ1n) is 14.3. The third kappa shape index (κ3) is 8.09. The van der Waals surface area contributed by atoms with Crippen molar-refractivity contribution in [3.63, 3.8) is 0 Å². The molecule has 0 heterocycles. The van der Waals surface area contributed by atoms with Crippen LogP contribution in [0.15, 0.2) is 42.5 Å². The van der Waals surface area contributed by atoms with Gasteiger partial charge in [0.05, 0.1) is 26.2 Å². The third-order valence-electron chi connectivity index (χ3n) is 8.37. The van der Waals surface area contributed by atoms with Crippen LogP contribution in [0, 0.1) is 6.92 Å². The van der Waals surface area contributed by atoms with E-state index in [1.807, 2.05) is 24.5 Å². The number of carboxylic acids is 1. The van der Waals surface area contributed by atoms with Crippen LogP contribution in [0.25, 0.3) is 11.1 Å². The molecular weight excluding hydrogens is 492 g/mol. The number of quaternary nitrogens is 1. The lowest BCUT2D eigenvalue weighted by Gasteiger charge is -2.44. The van der Waals surface area contributed by atoms with Gasteiger partial charge >= 0.3 is 5.97 Å². The second-order valence-electron chi connectivity index (χ2n) is 11.2. The molecule has 5 nitrogen and oxygen atoms in total. The topological polar surface area (TPSA) is 66.4 Å². The maximum absolute atomic E-state index is 13.4. The van der Waals surface area contributed by atoms with Crippen LogP contribution in [0.1, 0.15) is 79.8 Å². The average molecular weight is 540 g/mol. The molecule has 0 spiro atoms. The molecule has 1 fully saturated rings. The first-order valence-corrected chi connectivity index (χ1v) is 15.7. The number of amides is 1.